The number of rotatable bonds is 7. The number of halogens is 2. The molecule has 8 heteroatoms. The molecule has 2 amide bonds. The second kappa shape index (κ2) is 10.5. The summed E-state index contributed by atoms with van der Waals surface area (Å²) in [7, 11) is 6.88. The second-order valence-corrected chi connectivity index (χ2v) is 5.55. The van der Waals surface area contributed by atoms with Crippen molar-refractivity contribution in [3.05, 3.63) is 0 Å². The van der Waals surface area contributed by atoms with Crippen LogP contribution in [0.25, 0.3) is 0 Å². The molecule has 0 bridgehead atoms. The van der Waals surface area contributed by atoms with Crippen LogP contribution in [0.15, 0.2) is 0 Å². The van der Waals surface area contributed by atoms with Gasteiger partial charge in [0, 0.05) is 0 Å². The normalized spacial score (nSPS) is 11.3. The summed E-state index contributed by atoms with van der Waals surface area (Å²) >= 11 is 0. The summed E-state index contributed by atoms with van der Waals surface area (Å²) < 4.78 is 0.161. The van der Waals surface area contributed by atoms with Crippen LogP contribution in [0, 0.1) is 0 Å². The van der Waals surface area contributed by atoms with Crippen LogP contribution in [0.3, 0.4) is 0 Å². The van der Waals surface area contributed by atoms with Crippen LogP contribution in [-0.2, 0) is 9.59 Å². The number of aliphatic hydroxyl groups is 2. The minimum absolute atomic E-state index is 0. The van der Waals surface area contributed by atoms with Crippen molar-refractivity contribution in [3.63, 3.8) is 0 Å². The summed E-state index contributed by atoms with van der Waals surface area (Å²) in [5, 5.41) is 17.7. The van der Waals surface area contributed by atoms with E-state index < -0.39 is 0 Å². The first kappa shape index (κ1) is 24.8. The zero-order valence-corrected chi connectivity index (χ0v) is 14.1. The van der Waals surface area contributed by atoms with Crippen molar-refractivity contribution < 1.29 is 53.6 Å². The average molecular weight is 333 g/mol. The van der Waals surface area contributed by atoms with E-state index in [-0.39, 0.29) is 71.6 Å². The van der Waals surface area contributed by atoms with Crippen LogP contribution in [-0.4, -0.2) is 85.5 Å². The summed E-state index contributed by atoms with van der Waals surface area (Å²) in [4.78, 5) is 23.8. The van der Waals surface area contributed by atoms with Gasteiger partial charge in [-0.1, -0.05) is 0 Å². The Bertz CT molecular complexity index is 280. The van der Waals surface area contributed by atoms with Crippen molar-refractivity contribution in [2.75, 3.05) is 54.5 Å². The number of likely N-dealkylation sites (N-methyl/N-ethyl adjacent to an activating group) is 2. The molecule has 0 aliphatic carbocycles. The predicted molar refractivity (Wildman–Crippen MR) is 67.4 cm³/mol. The van der Waals surface area contributed by atoms with Gasteiger partial charge >= 0.3 is 11.8 Å². The molecule has 0 saturated carbocycles. The standard InChI is InChI=1S/C12H26N2O4.2ClH/c1-13(2,7-9-15)11(17)5-6-12(18)14(3,4)8-10-16;;/h15-16H,5-10H2,1-4H3;2*1H/q+2;;/p-2. The smallest absolute Gasteiger partial charge is 0.314 e. The molecule has 0 aliphatic heterocycles. The van der Waals surface area contributed by atoms with Gasteiger partial charge in [-0.15, -0.1) is 0 Å². The van der Waals surface area contributed by atoms with Gasteiger partial charge in [-0.3, -0.25) is 8.97 Å². The minimum atomic E-state index is -0.0681. The number of aliphatic hydroxyl groups excluding tert-OH is 2. The number of nitrogens with zero attached hydrogens (tertiary/aromatic N) is 2. The highest BCUT2D eigenvalue weighted by Crippen LogP contribution is 2.08. The lowest BCUT2D eigenvalue weighted by Crippen LogP contribution is -3.00. The van der Waals surface area contributed by atoms with Crippen molar-refractivity contribution in [2.24, 2.45) is 0 Å². The van der Waals surface area contributed by atoms with E-state index in [0.29, 0.717) is 13.1 Å². The van der Waals surface area contributed by atoms with E-state index in [9.17, 15) is 9.59 Å². The Balaban J connectivity index is -0.00000144. The lowest BCUT2D eigenvalue weighted by atomic mass is 10.2. The molecule has 0 fully saturated rings. The van der Waals surface area contributed by atoms with Gasteiger partial charge in [-0.25, -0.2) is 9.59 Å². The maximum atomic E-state index is 11.9. The van der Waals surface area contributed by atoms with Gasteiger partial charge in [-0.05, 0) is 0 Å². The fraction of sp³-hybridized carbons (Fsp3) is 0.833. The molecule has 0 saturated heterocycles. The van der Waals surface area contributed by atoms with Crippen molar-refractivity contribution >= 4 is 11.8 Å². The fourth-order valence-corrected chi connectivity index (χ4v) is 1.57. The van der Waals surface area contributed by atoms with E-state index in [1.54, 1.807) is 28.2 Å². The molecule has 0 aromatic heterocycles. The van der Waals surface area contributed by atoms with Gasteiger partial charge in [0.05, 0.1) is 54.2 Å². The van der Waals surface area contributed by atoms with Crippen LogP contribution in [0.2, 0.25) is 0 Å². The van der Waals surface area contributed by atoms with Crippen molar-refractivity contribution in [1.82, 2.24) is 0 Å². The second-order valence-electron chi connectivity index (χ2n) is 5.55. The van der Waals surface area contributed by atoms with Crippen LogP contribution in [0.1, 0.15) is 12.8 Å². The Morgan fingerprint density at radius 1 is 0.750 bits per heavy atom. The van der Waals surface area contributed by atoms with Gasteiger partial charge < -0.3 is 35.0 Å². The number of carbonyl (C=O) groups is 2. The molecule has 0 aromatic carbocycles. The first-order valence-corrected chi connectivity index (χ1v) is 6.12. The first-order chi connectivity index (χ1) is 8.17. The molecule has 122 valence electrons. The first-order valence-electron chi connectivity index (χ1n) is 6.12. The third kappa shape index (κ3) is 8.14. The molecule has 2 N–H and O–H groups in total. The van der Waals surface area contributed by atoms with E-state index in [4.69, 9.17) is 10.2 Å². The highest BCUT2D eigenvalue weighted by molar-refractivity contribution is 5.77. The summed E-state index contributed by atoms with van der Waals surface area (Å²) in [6, 6.07) is 0. The Morgan fingerprint density at radius 2 is 1.00 bits per heavy atom. The van der Waals surface area contributed by atoms with Gasteiger partial charge in [0.2, 0.25) is 0 Å². The molecule has 0 aromatic rings. The van der Waals surface area contributed by atoms with Crippen LogP contribution in [0.4, 0.5) is 0 Å². The number of hydrogen-bond donors (Lipinski definition) is 2. The molecule has 20 heavy (non-hydrogen) atoms. The van der Waals surface area contributed by atoms with Crippen molar-refractivity contribution in [2.45, 2.75) is 12.8 Å². The summed E-state index contributed by atoms with van der Waals surface area (Å²) in [6.07, 6.45) is 0.331. The van der Waals surface area contributed by atoms with Gasteiger partial charge in [0.15, 0.2) is 0 Å². The van der Waals surface area contributed by atoms with Gasteiger partial charge in [0.25, 0.3) is 0 Å². The molecule has 0 spiro atoms. The minimum Gasteiger partial charge on any atom is -1.00 e. The maximum absolute atomic E-state index is 11.9. The molecule has 0 unspecified atom stereocenters. The van der Waals surface area contributed by atoms with Crippen molar-refractivity contribution in [3.8, 4) is 0 Å². The molecule has 0 rings (SSSR count). The number of quaternary nitrogens is 2. The molecule has 6 nitrogen and oxygen atoms in total. The average Bonchev–Trinajstić information content (AvgIpc) is 2.24. The fourth-order valence-electron chi connectivity index (χ4n) is 1.57. The number of amides is 2. The molecular weight excluding hydrogens is 307 g/mol. The Morgan fingerprint density at radius 3 is 1.20 bits per heavy atom. The highest BCUT2D eigenvalue weighted by Gasteiger charge is 2.30. The van der Waals surface area contributed by atoms with E-state index >= 15 is 0 Å². The third-order valence-electron chi connectivity index (χ3n) is 3.22. The Labute approximate surface area is 133 Å². The highest BCUT2D eigenvalue weighted by atomic mass is 35.5. The van der Waals surface area contributed by atoms with E-state index in [1.165, 1.54) is 0 Å². The quantitative estimate of drug-likeness (QED) is 0.454. The van der Waals surface area contributed by atoms with E-state index in [0.717, 1.165) is 0 Å². The largest absolute Gasteiger partial charge is 1.00 e. The number of hydrogen-bond acceptors (Lipinski definition) is 4. The van der Waals surface area contributed by atoms with Crippen LogP contribution < -0.4 is 24.8 Å². The topological polar surface area (TPSA) is 74.6 Å². The Hall–Kier alpha value is -0.240. The molecular formula is C12H26Cl2N2O4. The van der Waals surface area contributed by atoms with Gasteiger partial charge in [0.1, 0.15) is 13.1 Å². The van der Waals surface area contributed by atoms with Crippen LogP contribution >= 0.6 is 0 Å². The van der Waals surface area contributed by atoms with E-state index in [1.807, 2.05) is 0 Å². The lowest BCUT2D eigenvalue weighted by molar-refractivity contribution is -0.817. The third-order valence-corrected chi connectivity index (χ3v) is 3.22. The summed E-state index contributed by atoms with van der Waals surface area (Å²) in [5.41, 5.74) is 0. The van der Waals surface area contributed by atoms with Crippen LogP contribution in [0.5, 0.6) is 0 Å². The SMILES string of the molecule is C[N+](C)(CCO)C(=O)CCC(=O)[N+](C)(C)CCO.[Cl-].[Cl-]. The monoisotopic (exact) mass is 332 g/mol. The Kier molecular flexibility index (Phi) is 13.0. The van der Waals surface area contributed by atoms with Gasteiger partial charge in [-0.2, -0.15) is 0 Å². The molecule has 0 atom stereocenters. The zero-order chi connectivity index (χ0) is 14.4. The lowest BCUT2D eigenvalue weighted by Gasteiger charge is -2.28. The predicted octanol–water partition coefficient (Wildman–Crippen LogP) is -7.03. The summed E-state index contributed by atoms with van der Waals surface area (Å²) in [5.74, 6) is -0.136. The summed E-state index contributed by atoms with van der Waals surface area (Å²) in [6.45, 7) is 0.585. The maximum Gasteiger partial charge on any atom is 0.314 e. The van der Waals surface area contributed by atoms with Crippen molar-refractivity contribution in [1.29, 1.82) is 0 Å². The zero-order valence-electron chi connectivity index (χ0n) is 12.6. The van der Waals surface area contributed by atoms with E-state index in [2.05, 4.69) is 0 Å². The number of carbonyl (C=O) groups excluding carboxylic acids is 2. The molecule has 0 heterocycles. The molecule has 0 radical (unpaired) electrons. The molecule has 0 aliphatic rings.